The van der Waals surface area contributed by atoms with E-state index in [2.05, 4.69) is 154 Å². The molecular formula is C50H45BN2O2. The predicted molar refractivity (Wildman–Crippen MR) is 232 cm³/mol. The van der Waals surface area contributed by atoms with E-state index in [1.165, 1.54) is 27.5 Å². The Balaban J connectivity index is 1.36. The van der Waals surface area contributed by atoms with Gasteiger partial charge in [0.1, 0.15) is 11.5 Å². The highest BCUT2D eigenvalue weighted by molar-refractivity contribution is 7.00. The minimum atomic E-state index is -0.0441. The molecule has 0 spiro atoms. The van der Waals surface area contributed by atoms with Crippen LogP contribution in [-0.4, -0.2) is 16.9 Å². The first kappa shape index (κ1) is 34.6. The van der Waals surface area contributed by atoms with Gasteiger partial charge in [-0.25, -0.2) is 0 Å². The Morgan fingerprint density at radius 2 is 0.836 bits per heavy atom. The highest BCUT2D eigenvalue weighted by Gasteiger charge is 2.43. The second-order valence-corrected chi connectivity index (χ2v) is 17.1. The maximum atomic E-state index is 10.3. The van der Waals surface area contributed by atoms with Gasteiger partial charge in [0.05, 0.1) is 0 Å². The molecule has 7 aromatic carbocycles. The summed E-state index contributed by atoms with van der Waals surface area (Å²) in [4.78, 5) is 4.88. The lowest BCUT2D eigenvalue weighted by Gasteiger charge is -2.44. The van der Waals surface area contributed by atoms with Crippen molar-refractivity contribution in [3.8, 4) is 33.8 Å². The highest BCUT2D eigenvalue weighted by Crippen LogP contribution is 2.47. The fourth-order valence-electron chi connectivity index (χ4n) is 8.38. The van der Waals surface area contributed by atoms with Gasteiger partial charge in [-0.3, -0.25) is 0 Å². The van der Waals surface area contributed by atoms with Crippen molar-refractivity contribution in [1.82, 2.24) is 0 Å². The van der Waals surface area contributed by atoms with Crippen LogP contribution in [0.15, 0.2) is 152 Å². The van der Waals surface area contributed by atoms with E-state index < -0.39 is 0 Å². The molecule has 0 atom stereocenters. The van der Waals surface area contributed by atoms with Gasteiger partial charge in [0, 0.05) is 34.1 Å². The summed E-state index contributed by atoms with van der Waals surface area (Å²) in [5.74, 6) is 0.503. The average molecular weight is 717 g/mol. The number of nitrogens with zero attached hydrogens (tertiary/aromatic N) is 2. The van der Waals surface area contributed by atoms with Crippen LogP contribution in [0.5, 0.6) is 11.5 Å². The summed E-state index contributed by atoms with van der Waals surface area (Å²) >= 11 is 0. The third kappa shape index (κ3) is 5.95. The zero-order valence-electron chi connectivity index (χ0n) is 32.3. The Bertz CT molecular complexity index is 2550. The fraction of sp³-hybridized carbons (Fsp3) is 0.160. The molecule has 0 bridgehead atoms. The summed E-state index contributed by atoms with van der Waals surface area (Å²) in [5.41, 5.74) is 17.4. The van der Waals surface area contributed by atoms with Gasteiger partial charge in [0.15, 0.2) is 0 Å². The lowest BCUT2D eigenvalue weighted by molar-refractivity contribution is 0.475. The number of anilines is 6. The molecule has 2 N–H and O–H groups in total. The minimum Gasteiger partial charge on any atom is -0.508 e. The molecule has 0 saturated heterocycles. The third-order valence-electron chi connectivity index (χ3n) is 11.4. The quantitative estimate of drug-likeness (QED) is 0.178. The molecule has 4 nitrogen and oxygen atoms in total. The smallest absolute Gasteiger partial charge is 0.252 e. The number of hydrogen-bond acceptors (Lipinski definition) is 4. The van der Waals surface area contributed by atoms with Gasteiger partial charge in [0.2, 0.25) is 0 Å². The molecule has 55 heavy (non-hydrogen) atoms. The van der Waals surface area contributed by atoms with E-state index in [1.807, 2.05) is 24.3 Å². The van der Waals surface area contributed by atoms with Crippen LogP contribution in [0.4, 0.5) is 34.1 Å². The number of aromatic hydroxyl groups is 2. The predicted octanol–water partition coefficient (Wildman–Crippen LogP) is 11.1. The Morgan fingerprint density at radius 3 is 1.33 bits per heavy atom. The summed E-state index contributed by atoms with van der Waals surface area (Å²) in [6.07, 6.45) is 0. The van der Waals surface area contributed by atoms with Crippen LogP contribution in [0.2, 0.25) is 0 Å². The first-order valence-electron chi connectivity index (χ1n) is 19.2. The van der Waals surface area contributed by atoms with E-state index >= 15 is 0 Å². The van der Waals surface area contributed by atoms with Crippen molar-refractivity contribution >= 4 is 57.2 Å². The van der Waals surface area contributed by atoms with Gasteiger partial charge in [0.25, 0.3) is 6.71 Å². The van der Waals surface area contributed by atoms with E-state index in [0.717, 1.165) is 56.4 Å². The molecule has 2 heterocycles. The normalized spacial score (nSPS) is 13.3. The lowest BCUT2D eigenvalue weighted by atomic mass is 9.33. The number of para-hydroxylation sites is 1. The largest absolute Gasteiger partial charge is 0.508 e. The van der Waals surface area contributed by atoms with Gasteiger partial charge in [-0.2, -0.15) is 0 Å². The van der Waals surface area contributed by atoms with Gasteiger partial charge < -0.3 is 20.0 Å². The van der Waals surface area contributed by atoms with Gasteiger partial charge >= 0.3 is 0 Å². The summed E-state index contributed by atoms with van der Waals surface area (Å²) in [5, 5.41) is 20.4. The van der Waals surface area contributed by atoms with Crippen molar-refractivity contribution in [3.05, 3.63) is 163 Å². The number of hydrogen-bond donors (Lipinski definition) is 2. The second kappa shape index (κ2) is 12.7. The molecule has 0 radical (unpaired) electrons. The Kier molecular flexibility index (Phi) is 7.98. The number of fused-ring (bicyclic) bond motifs is 4. The molecule has 270 valence electrons. The second-order valence-electron chi connectivity index (χ2n) is 17.1. The molecule has 7 aromatic rings. The zero-order chi connectivity index (χ0) is 38.2. The number of phenols is 2. The van der Waals surface area contributed by atoms with E-state index in [9.17, 15) is 10.2 Å². The Labute approximate surface area is 325 Å². The molecule has 2 aliphatic rings. The van der Waals surface area contributed by atoms with Crippen molar-refractivity contribution in [2.24, 2.45) is 0 Å². The summed E-state index contributed by atoms with van der Waals surface area (Å²) in [6.45, 7) is 13.5. The van der Waals surface area contributed by atoms with Crippen LogP contribution in [0.1, 0.15) is 52.7 Å². The van der Waals surface area contributed by atoms with Crippen molar-refractivity contribution < 1.29 is 10.2 Å². The maximum absolute atomic E-state index is 10.3. The maximum Gasteiger partial charge on any atom is 0.252 e. The molecule has 5 heteroatoms. The molecule has 0 aromatic heterocycles. The van der Waals surface area contributed by atoms with Crippen LogP contribution in [0.25, 0.3) is 22.3 Å². The molecule has 0 fully saturated rings. The summed E-state index contributed by atoms with van der Waals surface area (Å²) in [7, 11) is 0. The Morgan fingerprint density at radius 1 is 0.400 bits per heavy atom. The van der Waals surface area contributed by atoms with Crippen LogP contribution in [0.3, 0.4) is 0 Å². The van der Waals surface area contributed by atoms with Crippen LogP contribution in [0, 0.1) is 0 Å². The van der Waals surface area contributed by atoms with Crippen molar-refractivity contribution in [2.45, 2.75) is 52.4 Å². The average Bonchev–Trinajstić information content (AvgIpc) is 3.17. The van der Waals surface area contributed by atoms with Crippen LogP contribution >= 0.6 is 0 Å². The molecule has 0 unspecified atom stereocenters. The first-order valence-corrected chi connectivity index (χ1v) is 19.2. The van der Waals surface area contributed by atoms with Crippen molar-refractivity contribution in [2.75, 3.05) is 9.80 Å². The SMILES string of the molecule is CC(C)(C)c1ccc(N2c3ccccc3B3c4cc(-c5ccc(O)cc5)ccc4N(c4ccc(C(C)(C)C)cc4)c4cc(-c5ccc(O)cc5)cc2c43)cc1. The molecule has 0 aliphatic carbocycles. The number of phenolic OH excluding ortho intramolecular Hbond substituents is 2. The van der Waals surface area contributed by atoms with Crippen molar-refractivity contribution in [3.63, 3.8) is 0 Å². The monoisotopic (exact) mass is 716 g/mol. The summed E-state index contributed by atoms with van der Waals surface area (Å²) in [6, 6.07) is 53.5. The number of benzene rings is 7. The molecule has 9 rings (SSSR count). The zero-order valence-corrected chi connectivity index (χ0v) is 32.3. The van der Waals surface area contributed by atoms with Gasteiger partial charge in [-0.15, -0.1) is 0 Å². The number of rotatable bonds is 4. The van der Waals surface area contributed by atoms with E-state index in [4.69, 9.17) is 0 Å². The third-order valence-corrected chi connectivity index (χ3v) is 11.4. The van der Waals surface area contributed by atoms with Crippen LogP contribution in [-0.2, 0) is 10.8 Å². The van der Waals surface area contributed by atoms with E-state index in [-0.39, 0.29) is 29.0 Å². The minimum absolute atomic E-state index is 0.0210. The standard InChI is InChI=1S/C50H45BN2O2/c1-49(2,3)36-16-20-38(21-17-36)52-44-10-8-7-9-42(44)51-43-29-34(32-11-24-40(54)25-12-32)15-28-45(43)53(39-22-18-37(19-23-39)50(4,5)6)47-31-35(30-46(52)48(47)51)33-13-26-41(55)27-14-33/h7-31,54-55H,1-6H3. The van der Waals surface area contributed by atoms with Crippen LogP contribution < -0.4 is 26.2 Å². The fourth-order valence-corrected chi connectivity index (χ4v) is 8.38. The Hall–Kier alpha value is -6.20. The molecule has 2 aliphatic heterocycles. The topological polar surface area (TPSA) is 46.9 Å². The lowest BCUT2D eigenvalue weighted by Crippen LogP contribution is -2.61. The van der Waals surface area contributed by atoms with E-state index in [0.29, 0.717) is 0 Å². The highest BCUT2D eigenvalue weighted by atomic mass is 16.3. The first-order chi connectivity index (χ1) is 26.3. The van der Waals surface area contributed by atoms with Crippen molar-refractivity contribution in [1.29, 1.82) is 0 Å². The molecule has 0 saturated carbocycles. The van der Waals surface area contributed by atoms with Gasteiger partial charge in [-0.05, 0) is 133 Å². The summed E-state index contributed by atoms with van der Waals surface area (Å²) < 4.78 is 0. The van der Waals surface area contributed by atoms with Gasteiger partial charge in [-0.1, -0.05) is 120 Å². The van der Waals surface area contributed by atoms with E-state index in [1.54, 1.807) is 24.3 Å². The molecule has 0 amide bonds. The molecular weight excluding hydrogens is 671 g/mol.